The van der Waals surface area contributed by atoms with E-state index in [0.717, 1.165) is 16.7 Å². The summed E-state index contributed by atoms with van der Waals surface area (Å²) in [5, 5.41) is 11.2. The normalized spacial score (nSPS) is 11.4. The quantitative estimate of drug-likeness (QED) is 0.832. The summed E-state index contributed by atoms with van der Waals surface area (Å²) < 4.78 is 0. The molecule has 1 heterocycles. The second-order valence-electron chi connectivity index (χ2n) is 3.89. The van der Waals surface area contributed by atoms with E-state index >= 15 is 0 Å². The van der Waals surface area contributed by atoms with Crippen molar-refractivity contribution in [3.63, 3.8) is 0 Å². The van der Waals surface area contributed by atoms with Gasteiger partial charge in [-0.05, 0) is 23.4 Å². The van der Waals surface area contributed by atoms with Gasteiger partial charge in [-0.2, -0.15) is 11.8 Å². The maximum absolute atomic E-state index is 9.64. The number of phenolic OH excluding ortho intramolecular Hbond substituents is 1. The predicted octanol–water partition coefficient (Wildman–Crippen LogP) is 3.52. The van der Waals surface area contributed by atoms with Crippen LogP contribution in [0.2, 0.25) is 0 Å². The lowest BCUT2D eigenvalue weighted by molar-refractivity contribution is 0.481. The Kier molecular flexibility index (Phi) is 2.91. The summed E-state index contributed by atoms with van der Waals surface area (Å²) in [6.07, 6.45) is 0. The molecular weight excluding hydrogens is 206 g/mol. The van der Waals surface area contributed by atoms with Gasteiger partial charge in [-0.15, -0.1) is 0 Å². The monoisotopic (exact) mass is 221 g/mol. The van der Waals surface area contributed by atoms with E-state index < -0.39 is 0 Å². The Balaban J connectivity index is 2.27. The van der Waals surface area contributed by atoms with Crippen molar-refractivity contribution in [3.8, 4) is 5.75 Å². The molecule has 0 atom stereocenters. The summed E-state index contributed by atoms with van der Waals surface area (Å²) in [5.41, 5.74) is 2.18. The fourth-order valence-electron chi connectivity index (χ4n) is 1.53. The van der Waals surface area contributed by atoms with Gasteiger partial charge in [0.1, 0.15) is 5.75 Å². The fraction of sp³-hybridized carbons (Fsp3) is 0.333. The molecule has 0 saturated heterocycles. The van der Waals surface area contributed by atoms with Gasteiger partial charge in [0.25, 0.3) is 0 Å². The molecule has 0 unspecified atom stereocenters. The Hall–Kier alpha value is -1.09. The SMILES string of the molecule is CC(C)SCc1cc2c(O)cccc2[nH]1. The third-order valence-electron chi connectivity index (χ3n) is 2.27. The molecule has 0 spiro atoms. The molecule has 15 heavy (non-hydrogen) atoms. The number of aromatic amines is 1. The summed E-state index contributed by atoms with van der Waals surface area (Å²) in [6, 6.07) is 7.59. The van der Waals surface area contributed by atoms with Crippen LogP contribution in [0.5, 0.6) is 5.75 Å². The van der Waals surface area contributed by atoms with E-state index in [4.69, 9.17) is 0 Å². The maximum atomic E-state index is 9.64. The lowest BCUT2D eigenvalue weighted by atomic mass is 10.2. The van der Waals surface area contributed by atoms with Gasteiger partial charge < -0.3 is 10.1 Å². The van der Waals surface area contributed by atoms with E-state index in [1.165, 1.54) is 5.69 Å². The van der Waals surface area contributed by atoms with E-state index in [1.807, 2.05) is 30.0 Å². The van der Waals surface area contributed by atoms with E-state index in [9.17, 15) is 5.11 Å². The van der Waals surface area contributed by atoms with Crippen LogP contribution >= 0.6 is 11.8 Å². The Labute approximate surface area is 93.7 Å². The Morgan fingerprint density at radius 1 is 1.40 bits per heavy atom. The average Bonchev–Trinajstić information content (AvgIpc) is 2.59. The van der Waals surface area contributed by atoms with Crippen LogP contribution in [0, 0.1) is 0 Å². The number of aromatic nitrogens is 1. The molecule has 2 nitrogen and oxygen atoms in total. The summed E-state index contributed by atoms with van der Waals surface area (Å²) in [4.78, 5) is 3.31. The minimum atomic E-state index is 0.351. The van der Waals surface area contributed by atoms with Gasteiger partial charge in [0.15, 0.2) is 0 Å². The first-order valence-corrected chi connectivity index (χ1v) is 6.13. The summed E-state index contributed by atoms with van der Waals surface area (Å²) in [5.74, 6) is 1.32. The average molecular weight is 221 g/mol. The van der Waals surface area contributed by atoms with Crippen molar-refractivity contribution in [1.82, 2.24) is 4.98 Å². The molecule has 0 amide bonds. The van der Waals surface area contributed by atoms with Crippen LogP contribution in [0.1, 0.15) is 19.5 Å². The van der Waals surface area contributed by atoms with Crippen molar-refractivity contribution < 1.29 is 5.11 Å². The molecule has 1 aromatic carbocycles. The largest absolute Gasteiger partial charge is 0.507 e. The Morgan fingerprint density at radius 2 is 2.20 bits per heavy atom. The molecular formula is C12H15NOS. The number of nitrogens with one attached hydrogen (secondary N) is 1. The zero-order chi connectivity index (χ0) is 10.8. The minimum Gasteiger partial charge on any atom is -0.507 e. The van der Waals surface area contributed by atoms with E-state index in [2.05, 4.69) is 18.8 Å². The zero-order valence-corrected chi connectivity index (χ0v) is 9.77. The van der Waals surface area contributed by atoms with E-state index in [1.54, 1.807) is 6.07 Å². The first kappa shape index (κ1) is 10.4. The van der Waals surface area contributed by atoms with Crippen LogP contribution in [0.3, 0.4) is 0 Å². The smallest absolute Gasteiger partial charge is 0.124 e. The molecule has 0 saturated carbocycles. The van der Waals surface area contributed by atoms with Gasteiger partial charge >= 0.3 is 0 Å². The van der Waals surface area contributed by atoms with Gasteiger partial charge in [-0.3, -0.25) is 0 Å². The number of fused-ring (bicyclic) bond motifs is 1. The third-order valence-corrected chi connectivity index (χ3v) is 3.41. The summed E-state index contributed by atoms with van der Waals surface area (Å²) >= 11 is 1.89. The molecule has 2 aromatic rings. The van der Waals surface area contributed by atoms with E-state index in [0.29, 0.717) is 11.0 Å². The van der Waals surface area contributed by atoms with Crippen LogP contribution < -0.4 is 0 Å². The highest BCUT2D eigenvalue weighted by molar-refractivity contribution is 7.99. The number of benzene rings is 1. The van der Waals surface area contributed by atoms with E-state index in [-0.39, 0.29) is 0 Å². The third kappa shape index (κ3) is 2.29. The van der Waals surface area contributed by atoms with Crippen molar-refractivity contribution in [2.45, 2.75) is 24.9 Å². The molecule has 1 aromatic heterocycles. The molecule has 0 aliphatic rings. The first-order valence-electron chi connectivity index (χ1n) is 5.08. The van der Waals surface area contributed by atoms with Crippen molar-refractivity contribution in [1.29, 1.82) is 0 Å². The molecule has 0 bridgehead atoms. The second kappa shape index (κ2) is 4.19. The molecule has 2 N–H and O–H groups in total. The number of hydrogen-bond acceptors (Lipinski definition) is 2. The van der Waals surface area contributed by atoms with Crippen LogP contribution in [-0.4, -0.2) is 15.3 Å². The lowest BCUT2D eigenvalue weighted by Gasteiger charge is -2.01. The molecule has 0 fully saturated rings. The molecule has 80 valence electrons. The van der Waals surface area contributed by atoms with Crippen molar-refractivity contribution in [2.75, 3.05) is 0 Å². The standard InChI is InChI=1S/C12H15NOS/c1-8(2)15-7-9-6-10-11(13-9)4-3-5-12(10)14/h3-6,8,13-14H,7H2,1-2H3. The molecule has 0 aliphatic carbocycles. The Bertz CT molecular complexity index is 462. The van der Waals surface area contributed by atoms with Crippen molar-refractivity contribution in [2.24, 2.45) is 0 Å². The number of aromatic hydroxyl groups is 1. The second-order valence-corrected chi connectivity index (χ2v) is 5.46. The minimum absolute atomic E-state index is 0.351. The fourth-order valence-corrected chi connectivity index (χ4v) is 2.20. The zero-order valence-electron chi connectivity index (χ0n) is 8.95. The topological polar surface area (TPSA) is 36.0 Å². The van der Waals surface area contributed by atoms with Crippen LogP contribution in [0.15, 0.2) is 24.3 Å². The highest BCUT2D eigenvalue weighted by Crippen LogP contribution is 2.27. The summed E-state index contributed by atoms with van der Waals surface area (Å²) in [7, 11) is 0. The van der Waals surface area contributed by atoms with Gasteiger partial charge in [-0.1, -0.05) is 19.9 Å². The predicted molar refractivity (Wildman–Crippen MR) is 66.4 cm³/mol. The molecule has 2 rings (SSSR count). The highest BCUT2D eigenvalue weighted by Gasteiger charge is 2.04. The number of rotatable bonds is 3. The number of phenols is 1. The van der Waals surface area contributed by atoms with Crippen molar-refractivity contribution >= 4 is 22.7 Å². The molecule has 3 heteroatoms. The number of H-pyrrole nitrogens is 1. The van der Waals surface area contributed by atoms with Crippen LogP contribution in [-0.2, 0) is 5.75 Å². The molecule has 0 radical (unpaired) electrons. The van der Waals surface area contributed by atoms with Crippen LogP contribution in [0.4, 0.5) is 0 Å². The summed E-state index contributed by atoms with van der Waals surface area (Å²) in [6.45, 7) is 4.37. The van der Waals surface area contributed by atoms with Gasteiger partial charge in [-0.25, -0.2) is 0 Å². The van der Waals surface area contributed by atoms with Gasteiger partial charge in [0.05, 0.1) is 0 Å². The van der Waals surface area contributed by atoms with Crippen LogP contribution in [0.25, 0.3) is 10.9 Å². The maximum Gasteiger partial charge on any atom is 0.124 e. The van der Waals surface area contributed by atoms with Gasteiger partial charge in [0.2, 0.25) is 0 Å². The Morgan fingerprint density at radius 3 is 2.87 bits per heavy atom. The van der Waals surface area contributed by atoms with Gasteiger partial charge in [0, 0.05) is 22.3 Å². The number of thioether (sulfide) groups is 1. The lowest BCUT2D eigenvalue weighted by Crippen LogP contribution is -1.88. The van der Waals surface area contributed by atoms with Crippen molar-refractivity contribution in [3.05, 3.63) is 30.0 Å². The molecule has 0 aliphatic heterocycles. The number of hydrogen-bond donors (Lipinski definition) is 2. The highest BCUT2D eigenvalue weighted by atomic mass is 32.2. The first-order chi connectivity index (χ1) is 7.16.